The number of thioether (sulfide) groups is 1. The summed E-state index contributed by atoms with van der Waals surface area (Å²) in [6, 6.07) is 7.20. The molecule has 0 bridgehead atoms. The van der Waals surface area contributed by atoms with Gasteiger partial charge in [0.05, 0.1) is 10.8 Å². The molecule has 1 aromatic heterocycles. The average molecular weight is 450 g/mol. The smallest absolute Gasteiger partial charge is 0.324 e. The van der Waals surface area contributed by atoms with Crippen LogP contribution in [0.25, 0.3) is 11.4 Å². The van der Waals surface area contributed by atoms with E-state index in [0.717, 1.165) is 11.8 Å². The van der Waals surface area contributed by atoms with Crippen molar-refractivity contribution in [3.63, 3.8) is 0 Å². The van der Waals surface area contributed by atoms with Crippen molar-refractivity contribution in [3.05, 3.63) is 29.3 Å². The van der Waals surface area contributed by atoms with E-state index in [1.807, 2.05) is 18.2 Å². The molecule has 0 amide bonds. The summed E-state index contributed by atoms with van der Waals surface area (Å²) in [5.74, 6) is -1.17. The molecule has 158 valence electrons. The highest BCUT2D eigenvalue weighted by molar-refractivity contribution is 7.99. The van der Waals surface area contributed by atoms with E-state index in [-0.39, 0.29) is 24.4 Å². The Bertz CT molecular complexity index is 1050. The van der Waals surface area contributed by atoms with Crippen LogP contribution in [0.5, 0.6) is 0 Å². The van der Waals surface area contributed by atoms with Crippen molar-refractivity contribution in [1.82, 2.24) is 15.2 Å². The van der Waals surface area contributed by atoms with Crippen LogP contribution in [0, 0.1) is 5.41 Å². The number of aromatic amines is 1. The molecule has 2 atom stereocenters. The number of ether oxygens (including phenoxy) is 2. The highest BCUT2D eigenvalue weighted by Gasteiger charge is 2.67. The first-order valence-electron chi connectivity index (χ1n) is 9.35. The van der Waals surface area contributed by atoms with Gasteiger partial charge in [-0.3, -0.25) is 19.5 Å². The fraction of sp³-hybridized carbons (Fsp3) is 0.450. The maximum atomic E-state index is 12.9. The third-order valence-corrected chi connectivity index (χ3v) is 6.53. The molecule has 1 aromatic carbocycles. The minimum Gasteiger partial charge on any atom is -0.459 e. The molecule has 10 heteroatoms. The zero-order chi connectivity index (χ0) is 21.7. The molecule has 0 radical (unpaired) electrons. The van der Waals surface area contributed by atoms with Gasteiger partial charge in [0.2, 0.25) is 5.16 Å². The second kappa shape index (κ2) is 7.09. The van der Waals surface area contributed by atoms with Gasteiger partial charge in [-0.05, 0) is 32.9 Å². The number of halogens is 1. The number of Topliss-reactive ketones (excluding diaryl/α,β-unsaturated/α-hetero) is 1. The first-order chi connectivity index (χ1) is 14.0. The monoisotopic (exact) mass is 449 g/mol. The van der Waals surface area contributed by atoms with E-state index in [4.69, 9.17) is 21.1 Å². The lowest BCUT2D eigenvalue weighted by Crippen LogP contribution is -2.38. The molecule has 8 nitrogen and oxygen atoms in total. The van der Waals surface area contributed by atoms with Crippen molar-refractivity contribution in [2.24, 2.45) is 5.41 Å². The molecule has 30 heavy (non-hydrogen) atoms. The SMILES string of the molecule is CC1(C)C[C@]2(C[C@@](C)(C(=O)CSc3n[nH]c(-c4ccccc4Cl)n3)OC2=O)C(=O)O1. The van der Waals surface area contributed by atoms with Gasteiger partial charge in [-0.15, -0.1) is 5.10 Å². The molecule has 2 aromatic rings. The highest BCUT2D eigenvalue weighted by atomic mass is 35.5. The van der Waals surface area contributed by atoms with Crippen LogP contribution >= 0.6 is 23.4 Å². The maximum Gasteiger partial charge on any atom is 0.324 e. The molecular formula is C20H20ClN3O5S. The van der Waals surface area contributed by atoms with E-state index < -0.39 is 28.6 Å². The Hall–Kier alpha value is -2.39. The number of carbonyl (C=O) groups excluding carboxylic acids is 3. The first-order valence-corrected chi connectivity index (χ1v) is 10.7. The second-order valence-corrected chi connectivity index (χ2v) is 9.71. The maximum absolute atomic E-state index is 12.9. The third-order valence-electron chi connectivity index (χ3n) is 5.35. The number of rotatable bonds is 5. The summed E-state index contributed by atoms with van der Waals surface area (Å²) >= 11 is 7.28. The minimum atomic E-state index is -1.42. The van der Waals surface area contributed by atoms with E-state index in [1.54, 1.807) is 19.9 Å². The quantitative estimate of drug-likeness (QED) is 0.420. The number of cyclic esters (lactones) is 2. The van der Waals surface area contributed by atoms with Gasteiger partial charge in [0.25, 0.3) is 0 Å². The summed E-state index contributed by atoms with van der Waals surface area (Å²) in [6.07, 6.45) is 0.162. The van der Waals surface area contributed by atoms with Crippen molar-refractivity contribution >= 4 is 41.1 Å². The molecule has 2 fully saturated rings. The van der Waals surface area contributed by atoms with Crippen molar-refractivity contribution < 1.29 is 23.9 Å². The normalized spacial score (nSPS) is 27.3. The fourth-order valence-electron chi connectivity index (χ4n) is 3.98. The van der Waals surface area contributed by atoms with E-state index in [9.17, 15) is 14.4 Å². The molecule has 0 saturated carbocycles. The van der Waals surface area contributed by atoms with Crippen LogP contribution in [-0.4, -0.2) is 49.9 Å². The number of H-pyrrole nitrogens is 1. The minimum absolute atomic E-state index is 0.0158. The molecule has 2 aliphatic rings. The number of carbonyl (C=O) groups is 3. The van der Waals surface area contributed by atoms with Crippen molar-refractivity contribution in [2.45, 2.75) is 50.0 Å². The van der Waals surface area contributed by atoms with Crippen molar-refractivity contribution in [2.75, 3.05) is 5.75 Å². The van der Waals surface area contributed by atoms with Gasteiger partial charge in [0.15, 0.2) is 22.6 Å². The Kier molecular flexibility index (Phi) is 4.93. The average Bonchev–Trinajstić information content (AvgIpc) is 3.29. The molecule has 1 spiro atoms. The van der Waals surface area contributed by atoms with Gasteiger partial charge in [0.1, 0.15) is 5.60 Å². The zero-order valence-electron chi connectivity index (χ0n) is 16.7. The van der Waals surface area contributed by atoms with Gasteiger partial charge >= 0.3 is 11.9 Å². The largest absolute Gasteiger partial charge is 0.459 e. The predicted molar refractivity (Wildman–Crippen MR) is 109 cm³/mol. The Morgan fingerprint density at radius 2 is 1.87 bits per heavy atom. The van der Waals surface area contributed by atoms with Gasteiger partial charge < -0.3 is 9.47 Å². The van der Waals surface area contributed by atoms with Gasteiger partial charge in [-0.25, -0.2) is 4.98 Å². The number of benzene rings is 1. The Morgan fingerprint density at radius 3 is 2.53 bits per heavy atom. The standard InChI is InChI=1S/C20H20ClN3O5S/c1-18(2)9-20(15(26)28-18)10-19(3,29-16(20)27)13(25)8-30-17-22-14(23-24-17)11-6-4-5-7-12(11)21/h4-7H,8-10H2,1-3H3,(H,22,23,24)/t19-,20-/m0/s1. The summed E-state index contributed by atoms with van der Waals surface area (Å²) in [5, 5.41) is 7.80. The summed E-state index contributed by atoms with van der Waals surface area (Å²) in [6.45, 7) is 5.01. The van der Waals surface area contributed by atoms with E-state index in [0.29, 0.717) is 21.6 Å². The fourth-order valence-corrected chi connectivity index (χ4v) is 5.04. The lowest BCUT2D eigenvalue weighted by Gasteiger charge is -2.21. The topological polar surface area (TPSA) is 111 Å². The number of hydrogen-bond donors (Lipinski definition) is 1. The Morgan fingerprint density at radius 1 is 1.17 bits per heavy atom. The van der Waals surface area contributed by atoms with Crippen LogP contribution in [-0.2, 0) is 23.9 Å². The van der Waals surface area contributed by atoms with E-state index in [2.05, 4.69) is 15.2 Å². The third kappa shape index (κ3) is 3.50. The summed E-state index contributed by atoms with van der Waals surface area (Å²) in [7, 11) is 0. The summed E-state index contributed by atoms with van der Waals surface area (Å²) in [4.78, 5) is 42.2. The van der Waals surface area contributed by atoms with Crippen LogP contribution in [0.1, 0.15) is 33.6 Å². The number of nitrogens with one attached hydrogen (secondary N) is 1. The Labute approximate surface area is 182 Å². The van der Waals surface area contributed by atoms with Crippen LogP contribution in [0.2, 0.25) is 5.02 Å². The van der Waals surface area contributed by atoms with E-state index >= 15 is 0 Å². The molecule has 0 unspecified atom stereocenters. The van der Waals surface area contributed by atoms with Crippen LogP contribution in [0.3, 0.4) is 0 Å². The van der Waals surface area contributed by atoms with Gasteiger partial charge in [-0.2, -0.15) is 0 Å². The number of nitrogens with zero attached hydrogens (tertiary/aromatic N) is 2. The molecular weight excluding hydrogens is 430 g/mol. The van der Waals surface area contributed by atoms with Gasteiger partial charge in [0, 0.05) is 18.4 Å². The molecule has 2 aliphatic heterocycles. The Balaban J connectivity index is 1.45. The van der Waals surface area contributed by atoms with E-state index in [1.165, 1.54) is 6.92 Å². The van der Waals surface area contributed by atoms with Crippen LogP contribution in [0.4, 0.5) is 0 Å². The number of ketones is 1. The first kappa shape index (κ1) is 20.9. The second-order valence-electron chi connectivity index (χ2n) is 8.36. The lowest BCUT2D eigenvalue weighted by atomic mass is 9.75. The lowest BCUT2D eigenvalue weighted by molar-refractivity contribution is -0.162. The molecule has 1 N–H and O–H groups in total. The zero-order valence-corrected chi connectivity index (χ0v) is 18.2. The molecule has 3 heterocycles. The summed E-state index contributed by atoms with van der Waals surface area (Å²) < 4.78 is 10.7. The molecule has 2 saturated heterocycles. The number of aromatic nitrogens is 3. The summed E-state index contributed by atoms with van der Waals surface area (Å²) in [5.41, 5.74) is -2.88. The van der Waals surface area contributed by atoms with Gasteiger partial charge in [-0.1, -0.05) is 35.5 Å². The highest BCUT2D eigenvalue weighted by Crippen LogP contribution is 2.52. The van der Waals surface area contributed by atoms with Crippen molar-refractivity contribution in [3.8, 4) is 11.4 Å². The molecule has 0 aliphatic carbocycles. The molecule has 4 rings (SSSR count). The predicted octanol–water partition coefficient (Wildman–Crippen LogP) is 3.20. The van der Waals surface area contributed by atoms with Crippen LogP contribution < -0.4 is 0 Å². The number of hydrogen-bond acceptors (Lipinski definition) is 8. The number of esters is 2. The van der Waals surface area contributed by atoms with Crippen LogP contribution in [0.15, 0.2) is 29.4 Å². The van der Waals surface area contributed by atoms with Crippen molar-refractivity contribution in [1.29, 1.82) is 0 Å².